The van der Waals surface area contributed by atoms with Crippen molar-refractivity contribution in [3.63, 3.8) is 0 Å². The van der Waals surface area contributed by atoms with Crippen molar-refractivity contribution < 1.29 is 0 Å². The van der Waals surface area contributed by atoms with Crippen LogP contribution in [0.2, 0.25) is 0 Å². The van der Waals surface area contributed by atoms with Crippen LogP contribution in [0, 0.1) is 0 Å². The van der Waals surface area contributed by atoms with Gasteiger partial charge in [0.25, 0.3) is 0 Å². The fraction of sp³-hybridized carbons (Fsp3) is 0.222. The topological polar surface area (TPSA) is 132 Å². The highest BCUT2D eigenvalue weighted by molar-refractivity contribution is 6.08. The molecular formula is C18H23N9. The van der Waals surface area contributed by atoms with Crippen LogP contribution in [0.15, 0.2) is 41.9 Å². The van der Waals surface area contributed by atoms with Gasteiger partial charge in [-0.25, -0.2) is 15.0 Å². The van der Waals surface area contributed by atoms with Crippen molar-refractivity contribution >= 4 is 29.1 Å². The van der Waals surface area contributed by atoms with E-state index in [1.807, 2.05) is 31.6 Å². The van der Waals surface area contributed by atoms with Gasteiger partial charge in [0.05, 0.1) is 23.8 Å². The second-order valence-corrected chi connectivity index (χ2v) is 5.90. The fourth-order valence-electron chi connectivity index (χ4n) is 2.68. The van der Waals surface area contributed by atoms with Crippen LogP contribution < -0.4 is 22.1 Å². The van der Waals surface area contributed by atoms with Gasteiger partial charge in [0, 0.05) is 44.3 Å². The Morgan fingerprint density at radius 2 is 2.11 bits per heavy atom. The van der Waals surface area contributed by atoms with E-state index in [0.29, 0.717) is 29.4 Å². The van der Waals surface area contributed by atoms with Crippen LogP contribution in [0.25, 0.3) is 11.2 Å². The zero-order valence-corrected chi connectivity index (χ0v) is 15.3. The molecule has 0 spiro atoms. The molecule has 140 valence electrons. The Morgan fingerprint density at radius 1 is 1.26 bits per heavy atom. The average molecular weight is 365 g/mol. The van der Waals surface area contributed by atoms with Crippen molar-refractivity contribution in [2.45, 2.75) is 13.1 Å². The Balaban J connectivity index is 1.82. The summed E-state index contributed by atoms with van der Waals surface area (Å²) in [6.07, 6.45) is 8.55. The number of nitrogens with one attached hydrogen (secondary N) is 2. The highest BCUT2D eigenvalue weighted by atomic mass is 15.1. The van der Waals surface area contributed by atoms with Crippen molar-refractivity contribution in [3.8, 4) is 0 Å². The number of hydrogen-bond donors (Lipinski definition) is 4. The second kappa shape index (κ2) is 8.28. The number of imidazole rings is 1. The van der Waals surface area contributed by atoms with Crippen molar-refractivity contribution in [3.05, 3.63) is 53.9 Å². The monoisotopic (exact) mass is 365 g/mol. The predicted octanol–water partition coefficient (Wildman–Crippen LogP) is 1.04. The molecule has 9 nitrogen and oxygen atoms in total. The van der Waals surface area contributed by atoms with Gasteiger partial charge in [-0.15, -0.1) is 0 Å². The molecule has 3 aromatic heterocycles. The summed E-state index contributed by atoms with van der Waals surface area (Å²) >= 11 is 0. The third-order valence-corrected chi connectivity index (χ3v) is 4.01. The van der Waals surface area contributed by atoms with Crippen molar-refractivity contribution in [2.24, 2.45) is 10.7 Å². The lowest BCUT2D eigenvalue weighted by molar-refractivity contribution is 0.780. The molecule has 0 amide bonds. The van der Waals surface area contributed by atoms with Crippen LogP contribution >= 0.6 is 0 Å². The largest absolute Gasteiger partial charge is 0.404 e. The van der Waals surface area contributed by atoms with E-state index in [2.05, 4.69) is 35.0 Å². The van der Waals surface area contributed by atoms with Gasteiger partial charge in [0.2, 0.25) is 0 Å². The SMILES string of the molecule is CN=CC(=CN)c1cnc(N)c(NCc2ccc3ncc(CNC)n3c2)n1. The van der Waals surface area contributed by atoms with Gasteiger partial charge in [-0.1, -0.05) is 6.07 Å². The molecular weight excluding hydrogens is 342 g/mol. The van der Waals surface area contributed by atoms with Gasteiger partial charge >= 0.3 is 0 Å². The van der Waals surface area contributed by atoms with Gasteiger partial charge < -0.3 is 26.5 Å². The third-order valence-electron chi connectivity index (χ3n) is 4.01. The van der Waals surface area contributed by atoms with Gasteiger partial charge in [0.1, 0.15) is 5.65 Å². The highest BCUT2D eigenvalue weighted by Crippen LogP contribution is 2.18. The number of fused-ring (bicyclic) bond motifs is 1. The lowest BCUT2D eigenvalue weighted by atomic mass is 10.2. The zero-order chi connectivity index (χ0) is 19.2. The molecule has 9 heteroatoms. The first kappa shape index (κ1) is 18.3. The summed E-state index contributed by atoms with van der Waals surface area (Å²) in [6, 6.07) is 4.00. The first-order valence-corrected chi connectivity index (χ1v) is 8.46. The number of pyridine rings is 1. The number of nitrogens with zero attached hydrogens (tertiary/aromatic N) is 5. The van der Waals surface area contributed by atoms with E-state index in [0.717, 1.165) is 23.4 Å². The molecule has 0 atom stereocenters. The molecule has 3 heterocycles. The predicted molar refractivity (Wildman–Crippen MR) is 108 cm³/mol. The van der Waals surface area contributed by atoms with E-state index in [1.165, 1.54) is 6.20 Å². The minimum atomic E-state index is 0.322. The summed E-state index contributed by atoms with van der Waals surface area (Å²) < 4.78 is 2.06. The molecule has 0 bridgehead atoms. The van der Waals surface area contributed by atoms with E-state index in [4.69, 9.17) is 11.5 Å². The van der Waals surface area contributed by atoms with E-state index in [-0.39, 0.29) is 0 Å². The molecule has 27 heavy (non-hydrogen) atoms. The molecule has 0 unspecified atom stereocenters. The van der Waals surface area contributed by atoms with Crippen LogP contribution in [0.1, 0.15) is 17.0 Å². The minimum absolute atomic E-state index is 0.322. The highest BCUT2D eigenvalue weighted by Gasteiger charge is 2.08. The number of anilines is 2. The number of aromatic nitrogens is 4. The summed E-state index contributed by atoms with van der Waals surface area (Å²) in [6.45, 7) is 1.28. The third kappa shape index (κ3) is 4.04. The van der Waals surface area contributed by atoms with Crippen molar-refractivity contribution in [1.29, 1.82) is 0 Å². The number of aliphatic imine (C=N–C) groups is 1. The lowest BCUT2D eigenvalue weighted by Gasteiger charge is -2.10. The average Bonchev–Trinajstić information content (AvgIpc) is 3.08. The minimum Gasteiger partial charge on any atom is -0.404 e. The Kier molecular flexibility index (Phi) is 5.62. The molecule has 3 rings (SSSR count). The zero-order valence-electron chi connectivity index (χ0n) is 15.3. The maximum absolute atomic E-state index is 5.96. The van der Waals surface area contributed by atoms with Crippen molar-refractivity contribution in [1.82, 2.24) is 24.7 Å². The smallest absolute Gasteiger partial charge is 0.169 e. The van der Waals surface area contributed by atoms with Crippen LogP contribution in [-0.4, -0.2) is 39.7 Å². The maximum Gasteiger partial charge on any atom is 0.169 e. The fourth-order valence-corrected chi connectivity index (χ4v) is 2.68. The standard InChI is InChI=1S/C18H23N9/c1-21-7-13(5-19)15-10-24-17(20)18(26-15)25-6-12-3-4-16-23-9-14(8-22-2)27(16)11-12/h3-5,7,9-11,22H,6,8,19H2,1-2H3,(H2,20,24)(H,25,26). The molecule has 3 aromatic rings. The van der Waals surface area contributed by atoms with Gasteiger partial charge in [-0.3, -0.25) is 4.99 Å². The Morgan fingerprint density at radius 3 is 2.85 bits per heavy atom. The number of nitrogens with two attached hydrogens (primary N) is 2. The number of hydrogen-bond acceptors (Lipinski definition) is 8. The Labute approximate surface area is 157 Å². The van der Waals surface area contributed by atoms with Crippen molar-refractivity contribution in [2.75, 3.05) is 25.1 Å². The molecule has 0 saturated carbocycles. The quantitative estimate of drug-likeness (QED) is 0.460. The van der Waals surface area contributed by atoms with Gasteiger partial charge in [-0.05, 0) is 18.7 Å². The van der Waals surface area contributed by atoms with E-state index < -0.39 is 0 Å². The summed E-state index contributed by atoms with van der Waals surface area (Å²) in [5, 5.41) is 6.38. The number of nitrogen functional groups attached to an aromatic ring is 1. The summed E-state index contributed by atoms with van der Waals surface area (Å²) in [7, 11) is 3.58. The van der Waals surface area contributed by atoms with E-state index in [9.17, 15) is 0 Å². The first-order chi connectivity index (χ1) is 13.2. The van der Waals surface area contributed by atoms with E-state index in [1.54, 1.807) is 19.5 Å². The van der Waals surface area contributed by atoms with Gasteiger partial charge in [-0.2, -0.15) is 0 Å². The second-order valence-electron chi connectivity index (χ2n) is 5.90. The number of rotatable bonds is 7. The molecule has 0 aliphatic rings. The Hall–Kier alpha value is -3.46. The Bertz CT molecular complexity index is 988. The molecule has 0 radical (unpaired) electrons. The first-order valence-electron chi connectivity index (χ1n) is 8.46. The molecule has 0 fully saturated rings. The molecule has 6 N–H and O–H groups in total. The summed E-state index contributed by atoms with van der Waals surface area (Å²) in [4.78, 5) is 17.1. The van der Waals surface area contributed by atoms with Crippen LogP contribution in [0.4, 0.5) is 11.6 Å². The summed E-state index contributed by atoms with van der Waals surface area (Å²) in [5.74, 6) is 0.820. The normalized spacial score (nSPS) is 12.1. The van der Waals surface area contributed by atoms with Crippen LogP contribution in [0.3, 0.4) is 0 Å². The maximum atomic E-state index is 5.96. The van der Waals surface area contributed by atoms with E-state index >= 15 is 0 Å². The molecule has 0 aliphatic carbocycles. The molecule has 0 aromatic carbocycles. The van der Waals surface area contributed by atoms with Gasteiger partial charge in [0.15, 0.2) is 11.6 Å². The lowest BCUT2D eigenvalue weighted by Crippen LogP contribution is -2.10. The summed E-state index contributed by atoms with van der Waals surface area (Å²) in [5.41, 5.74) is 15.9. The molecule has 0 aliphatic heterocycles. The molecule has 0 saturated heterocycles. The van der Waals surface area contributed by atoms with Crippen LogP contribution in [-0.2, 0) is 13.1 Å². The van der Waals surface area contributed by atoms with Crippen LogP contribution in [0.5, 0.6) is 0 Å². The number of allylic oxidation sites excluding steroid dienone is 1.